The lowest BCUT2D eigenvalue weighted by molar-refractivity contribution is 0.151. The lowest BCUT2D eigenvalue weighted by atomic mass is 10.2. The maximum Gasteiger partial charge on any atom is 0.265 e. The number of halogens is 3. The van der Waals surface area contributed by atoms with E-state index in [-0.39, 0.29) is 16.3 Å². The first-order valence-corrected chi connectivity index (χ1v) is 3.57. The van der Waals surface area contributed by atoms with Crippen molar-refractivity contribution >= 4 is 11.6 Å². The van der Waals surface area contributed by atoms with Crippen molar-refractivity contribution in [3.63, 3.8) is 0 Å². The van der Waals surface area contributed by atoms with E-state index in [4.69, 9.17) is 16.7 Å². The van der Waals surface area contributed by atoms with E-state index in [0.717, 1.165) is 6.07 Å². The number of hydrogen-bond donors (Lipinski definition) is 1. The Kier molecular flexibility index (Phi) is 2.94. The van der Waals surface area contributed by atoms with Crippen LogP contribution in [0.5, 0.6) is 0 Å². The second-order valence-electron chi connectivity index (χ2n) is 2.12. The van der Waals surface area contributed by atoms with Gasteiger partial charge < -0.3 is 5.11 Å². The highest BCUT2D eigenvalue weighted by molar-refractivity contribution is 6.32. The monoisotopic (exact) mass is 193 g/mol. The smallest absolute Gasteiger partial charge is 0.265 e. The summed E-state index contributed by atoms with van der Waals surface area (Å²) in [6.45, 7) is -0.431. The summed E-state index contributed by atoms with van der Waals surface area (Å²) in [5.74, 6) is 0. The summed E-state index contributed by atoms with van der Waals surface area (Å²) in [6, 6.07) is 1.13. The Morgan fingerprint density at radius 2 is 2.25 bits per heavy atom. The molecule has 1 aromatic rings. The van der Waals surface area contributed by atoms with Crippen LogP contribution < -0.4 is 0 Å². The van der Waals surface area contributed by atoms with E-state index in [0.29, 0.717) is 0 Å². The molecule has 0 saturated carbocycles. The number of aliphatic hydroxyl groups is 1. The van der Waals surface area contributed by atoms with E-state index < -0.39 is 13.0 Å². The summed E-state index contributed by atoms with van der Waals surface area (Å²) in [4.78, 5) is 3.62. The van der Waals surface area contributed by atoms with Crippen LogP contribution in [0.4, 0.5) is 8.78 Å². The fraction of sp³-hybridized carbons (Fsp3) is 0.286. The Labute approximate surface area is 72.8 Å². The number of alkyl halides is 2. The summed E-state index contributed by atoms with van der Waals surface area (Å²) >= 11 is 5.50. The molecule has 0 aromatic carbocycles. The SMILES string of the molecule is OCc1nccc(C(F)F)c1Cl. The average molecular weight is 194 g/mol. The van der Waals surface area contributed by atoms with Gasteiger partial charge in [-0.15, -0.1) is 0 Å². The Balaban J connectivity index is 3.14. The van der Waals surface area contributed by atoms with Crippen molar-refractivity contribution in [2.24, 2.45) is 0 Å². The van der Waals surface area contributed by atoms with Crippen LogP contribution in [0, 0.1) is 0 Å². The summed E-state index contributed by atoms with van der Waals surface area (Å²) in [5.41, 5.74) is -0.217. The zero-order chi connectivity index (χ0) is 9.14. The van der Waals surface area contributed by atoms with Crippen LogP contribution in [0.25, 0.3) is 0 Å². The number of nitrogens with zero attached hydrogens (tertiary/aromatic N) is 1. The largest absolute Gasteiger partial charge is 0.390 e. The van der Waals surface area contributed by atoms with Gasteiger partial charge in [0.1, 0.15) is 0 Å². The second kappa shape index (κ2) is 3.78. The Hall–Kier alpha value is -0.740. The van der Waals surface area contributed by atoms with Gasteiger partial charge in [-0.3, -0.25) is 4.98 Å². The van der Waals surface area contributed by atoms with Crippen LogP contribution >= 0.6 is 11.6 Å². The molecule has 0 aliphatic heterocycles. The third kappa shape index (κ3) is 1.70. The van der Waals surface area contributed by atoms with Crippen LogP contribution in [0.2, 0.25) is 5.02 Å². The van der Waals surface area contributed by atoms with Gasteiger partial charge in [-0.1, -0.05) is 11.6 Å². The normalized spacial score (nSPS) is 10.8. The lowest BCUT2D eigenvalue weighted by Gasteiger charge is -2.04. The zero-order valence-electron chi connectivity index (χ0n) is 5.97. The predicted octanol–water partition coefficient (Wildman–Crippen LogP) is 2.16. The molecule has 66 valence electrons. The molecule has 0 radical (unpaired) electrons. The number of aliphatic hydroxyl groups excluding tert-OH is 1. The van der Waals surface area contributed by atoms with E-state index in [1.807, 2.05) is 0 Å². The van der Waals surface area contributed by atoms with Gasteiger partial charge in [0.15, 0.2) is 0 Å². The molecule has 0 spiro atoms. The third-order valence-electron chi connectivity index (χ3n) is 1.38. The maximum absolute atomic E-state index is 12.2. The quantitative estimate of drug-likeness (QED) is 0.781. The second-order valence-corrected chi connectivity index (χ2v) is 2.50. The first-order valence-electron chi connectivity index (χ1n) is 3.19. The van der Waals surface area contributed by atoms with Gasteiger partial charge in [0.2, 0.25) is 0 Å². The van der Waals surface area contributed by atoms with Crippen LogP contribution in [0.3, 0.4) is 0 Å². The molecule has 0 aliphatic rings. The molecule has 0 fully saturated rings. The molecule has 0 bridgehead atoms. The van der Waals surface area contributed by atoms with Gasteiger partial charge in [0, 0.05) is 11.8 Å². The minimum absolute atomic E-state index is 0.0782. The molecule has 0 aliphatic carbocycles. The zero-order valence-corrected chi connectivity index (χ0v) is 6.72. The van der Waals surface area contributed by atoms with Crippen LogP contribution in [-0.2, 0) is 6.61 Å². The van der Waals surface area contributed by atoms with Gasteiger partial charge in [-0.05, 0) is 6.07 Å². The minimum atomic E-state index is -2.63. The Morgan fingerprint density at radius 1 is 1.58 bits per heavy atom. The molecular formula is C7H6ClF2NO. The molecule has 2 nitrogen and oxygen atoms in total. The van der Waals surface area contributed by atoms with Crippen molar-refractivity contribution in [2.45, 2.75) is 13.0 Å². The minimum Gasteiger partial charge on any atom is -0.390 e. The molecule has 0 atom stereocenters. The highest BCUT2D eigenvalue weighted by Gasteiger charge is 2.14. The number of pyridine rings is 1. The van der Waals surface area contributed by atoms with Crippen LogP contribution in [0.1, 0.15) is 17.7 Å². The molecule has 0 unspecified atom stereocenters. The van der Waals surface area contributed by atoms with Gasteiger partial charge in [-0.25, -0.2) is 8.78 Å². The topological polar surface area (TPSA) is 33.1 Å². The van der Waals surface area contributed by atoms with Gasteiger partial charge in [0.05, 0.1) is 17.3 Å². The standard InChI is InChI=1S/C7H6ClF2NO/c8-6-4(7(9)10)1-2-11-5(6)3-12/h1-2,7,12H,3H2. The number of aromatic nitrogens is 1. The number of hydrogen-bond acceptors (Lipinski definition) is 2. The molecule has 0 saturated heterocycles. The summed E-state index contributed by atoms with van der Waals surface area (Å²) in [7, 11) is 0. The first-order chi connectivity index (χ1) is 5.66. The molecule has 1 rings (SSSR count). The maximum atomic E-state index is 12.2. The molecule has 1 N–H and O–H groups in total. The van der Waals surface area contributed by atoms with Crippen molar-refractivity contribution in [1.29, 1.82) is 0 Å². The molecule has 1 heterocycles. The molecule has 12 heavy (non-hydrogen) atoms. The van der Waals surface area contributed by atoms with Crippen molar-refractivity contribution in [1.82, 2.24) is 4.98 Å². The van der Waals surface area contributed by atoms with Gasteiger partial charge in [0.25, 0.3) is 6.43 Å². The molecule has 5 heteroatoms. The highest BCUT2D eigenvalue weighted by atomic mass is 35.5. The van der Waals surface area contributed by atoms with Crippen molar-refractivity contribution in [2.75, 3.05) is 0 Å². The summed E-state index contributed by atoms with van der Waals surface area (Å²) < 4.78 is 24.3. The van der Waals surface area contributed by atoms with E-state index in [9.17, 15) is 8.78 Å². The fourth-order valence-electron chi connectivity index (χ4n) is 0.783. The van der Waals surface area contributed by atoms with Gasteiger partial charge >= 0.3 is 0 Å². The van der Waals surface area contributed by atoms with Crippen molar-refractivity contribution in [3.8, 4) is 0 Å². The predicted molar refractivity (Wildman–Crippen MR) is 40.1 cm³/mol. The van der Waals surface area contributed by atoms with Crippen molar-refractivity contribution in [3.05, 3.63) is 28.5 Å². The van der Waals surface area contributed by atoms with Gasteiger partial charge in [-0.2, -0.15) is 0 Å². The van der Waals surface area contributed by atoms with Crippen molar-refractivity contribution < 1.29 is 13.9 Å². The highest BCUT2D eigenvalue weighted by Crippen LogP contribution is 2.28. The molecule has 0 amide bonds. The first kappa shape index (κ1) is 9.35. The van der Waals surface area contributed by atoms with E-state index in [2.05, 4.69) is 4.98 Å². The lowest BCUT2D eigenvalue weighted by Crippen LogP contribution is -1.95. The van der Waals surface area contributed by atoms with Crippen LogP contribution in [0.15, 0.2) is 12.3 Å². The van der Waals surface area contributed by atoms with E-state index in [1.54, 1.807) is 0 Å². The number of rotatable bonds is 2. The molecular weight excluding hydrogens is 188 g/mol. The Morgan fingerprint density at radius 3 is 2.75 bits per heavy atom. The summed E-state index contributed by atoms with van der Waals surface area (Å²) in [5, 5.41) is 8.48. The van der Waals surface area contributed by atoms with E-state index in [1.165, 1.54) is 6.20 Å². The Bertz CT molecular complexity index is 280. The third-order valence-corrected chi connectivity index (χ3v) is 1.81. The summed E-state index contributed by atoms with van der Waals surface area (Å²) in [6.07, 6.45) is -1.44. The average Bonchev–Trinajstić information content (AvgIpc) is 2.04. The van der Waals surface area contributed by atoms with Crippen LogP contribution in [-0.4, -0.2) is 10.1 Å². The molecule has 1 aromatic heterocycles. The van der Waals surface area contributed by atoms with E-state index >= 15 is 0 Å². The fourth-order valence-corrected chi connectivity index (χ4v) is 1.04.